The van der Waals surface area contributed by atoms with E-state index in [1.54, 1.807) is 6.08 Å². The SMILES string of the molecule is CC(C)=CCC/C(C)=C/CC/C(C)=C/CC/C(C)=C/CC/C(C)=C/CC/C(C)=C/CC/C(C)=C/CC/C(C)=C/CC/C(C)=C/CC/C(C)=C/CC/C(C)=C/COP(=O)(O)O[C@@H]1O[C@H](CO)[C@@H](O)[C@H](O)[C@H]1O. The van der Waals surface area contributed by atoms with E-state index in [4.69, 9.17) is 13.8 Å². The molecule has 0 bridgehead atoms. The molecule has 0 aromatic heterocycles. The molecule has 10 heteroatoms. The molecule has 0 aromatic rings. The van der Waals surface area contributed by atoms with Gasteiger partial charge in [0.15, 0.2) is 6.29 Å². The molecule has 0 amide bonds. The van der Waals surface area contributed by atoms with Crippen molar-refractivity contribution in [3.63, 3.8) is 0 Å². The Kier molecular flexibility index (Phi) is 35.9. The second-order valence-electron chi connectivity index (χ2n) is 20.7. The molecule has 0 aliphatic carbocycles. The third-order valence-corrected chi connectivity index (χ3v) is 14.1. The molecular formula is C61H101O9P. The van der Waals surface area contributed by atoms with Gasteiger partial charge in [0.1, 0.15) is 24.4 Å². The van der Waals surface area contributed by atoms with Gasteiger partial charge < -0.3 is 30.1 Å². The third-order valence-electron chi connectivity index (χ3n) is 13.1. The zero-order chi connectivity index (χ0) is 53.2. The quantitative estimate of drug-likeness (QED) is 0.0306. The average Bonchev–Trinajstić information content (AvgIpc) is 3.29. The number of aliphatic hydroxyl groups is 4. The Balaban J connectivity index is 2.26. The zero-order valence-corrected chi connectivity index (χ0v) is 47.5. The van der Waals surface area contributed by atoms with Crippen LogP contribution < -0.4 is 0 Å². The van der Waals surface area contributed by atoms with E-state index in [9.17, 15) is 29.9 Å². The second kappa shape index (κ2) is 38.6. The van der Waals surface area contributed by atoms with Gasteiger partial charge in [-0.15, -0.1) is 0 Å². The van der Waals surface area contributed by atoms with Crippen molar-refractivity contribution >= 4 is 7.82 Å². The van der Waals surface area contributed by atoms with Gasteiger partial charge in [0.2, 0.25) is 0 Å². The maximum absolute atomic E-state index is 12.4. The first-order chi connectivity index (χ1) is 33.6. The van der Waals surface area contributed by atoms with Gasteiger partial charge in [-0.05, 0) is 212 Å². The van der Waals surface area contributed by atoms with Gasteiger partial charge in [0, 0.05) is 0 Å². The number of phosphoric ester groups is 1. The Labute approximate surface area is 433 Å². The van der Waals surface area contributed by atoms with E-state index in [0.29, 0.717) is 0 Å². The van der Waals surface area contributed by atoms with Gasteiger partial charge in [-0.2, -0.15) is 0 Å². The van der Waals surface area contributed by atoms with Crippen LogP contribution in [0.2, 0.25) is 0 Å². The third kappa shape index (κ3) is 34.2. The van der Waals surface area contributed by atoms with Crippen LogP contribution in [0.4, 0.5) is 0 Å². The van der Waals surface area contributed by atoms with E-state index < -0.39 is 45.1 Å². The summed E-state index contributed by atoms with van der Waals surface area (Å²) in [5.74, 6) is 0. The van der Waals surface area contributed by atoms with Crippen LogP contribution in [0, 0.1) is 0 Å². The lowest BCUT2D eigenvalue weighted by Gasteiger charge is -2.39. The summed E-state index contributed by atoms with van der Waals surface area (Å²) in [4.78, 5) is 10.1. The van der Waals surface area contributed by atoms with E-state index in [-0.39, 0.29) is 6.61 Å². The molecule has 9 nitrogen and oxygen atoms in total. The van der Waals surface area contributed by atoms with Gasteiger partial charge in [0.25, 0.3) is 0 Å². The molecule has 0 aromatic carbocycles. The largest absolute Gasteiger partial charge is 0.474 e. The molecule has 404 valence electrons. The number of hydrogen-bond acceptors (Lipinski definition) is 8. The number of rotatable bonds is 36. The normalized spacial score (nSPS) is 21.8. The van der Waals surface area contributed by atoms with Gasteiger partial charge in [-0.1, -0.05) is 128 Å². The average molecular weight is 1010 g/mol. The Morgan fingerprint density at radius 1 is 0.408 bits per heavy atom. The van der Waals surface area contributed by atoms with E-state index in [1.807, 2.05) is 6.92 Å². The highest BCUT2D eigenvalue weighted by atomic mass is 31.2. The molecule has 6 atom stereocenters. The molecular weight excluding hydrogens is 908 g/mol. The Morgan fingerprint density at radius 2 is 0.662 bits per heavy atom. The standard InChI is InChI=1S/C61H101O9P/c1-46(2)23-13-24-47(3)25-14-26-48(4)27-15-28-49(5)29-16-30-50(6)31-17-32-51(7)33-18-34-52(8)35-19-36-53(9)37-20-38-54(10)39-21-40-55(11)41-22-42-56(12)43-44-68-71(66,67)70-61-60(65)59(64)58(63)57(45-62)69-61/h23,25,27,29,31,33,35,37,39,41,43,57-65H,13-22,24,26,28,30,32,34,36,38,40,42,44-45H2,1-12H3,(H,66,67)/b47-25+,48-27+,49-29+,50-31+,51-33+,52-35+,53-37+,54-39+,55-41+,56-43+/t57-,58-,59+,60-,61+/m1/s1. The number of allylic oxidation sites excluding steroid dienone is 21. The van der Waals surface area contributed by atoms with Crippen LogP contribution in [0.25, 0.3) is 0 Å². The summed E-state index contributed by atoms with van der Waals surface area (Å²) in [6.45, 7) is 25.7. The van der Waals surface area contributed by atoms with E-state index in [1.165, 1.54) is 68.6 Å². The molecule has 1 fully saturated rings. The zero-order valence-electron chi connectivity index (χ0n) is 46.6. The van der Waals surface area contributed by atoms with E-state index in [0.717, 1.165) is 121 Å². The molecule has 1 heterocycles. The van der Waals surface area contributed by atoms with Gasteiger partial charge in [0.05, 0.1) is 13.2 Å². The first-order valence-electron chi connectivity index (χ1n) is 26.8. The van der Waals surface area contributed by atoms with Crippen molar-refractivity contribution in [2.45, 2.75) is 242 Å². The summed E-state index contributed by atoms with van der Waals surface area (Å²) in [5.41, 5.74) is 15.6. The van der Waals surface area contributed by atoms with Gasteiger partial charge >= 0.3 is 7.82 Å². The highest BCUT2D eigenvalue weighted by Crippen LogP contribution is 2.46. The molecule has 71 heavy (non-hydrogen) atoms. The van der Waals surface area contributed by atoms with E-state index in [2.05, 4.69) is 137 Å². The van der Waals surface area contributed by atoms with Crippen LogP contribution >= 0.6 is 7.82 Å². The summed E-state index contributed by atoms with van der Waals surface area (Å²) in [5, 5.41) is 39.1. The van der Waals surface area contributed by atoms with Crippen LogP contribution in [0.1, 0.15) is 212 Å². The summed E-state index contributed by atoms with van der Waals surface area (Å²) in [6, 6.07) is 0. The number of ether oxygens (including phenoxy) is 1. The number of phosphoric acid groups is 1. The molecule has 5 N–H and O–H groups in total. The Hall–Kier alpha value is -2.95. The second-order valence-corrected chi connectivity index (χ2v) is 22.1. The van der Waals surface area contributed by atoms with E-state index >= 15 is 0 Å². The van der Waals surface area contributed by atoms with Crippen molar-refractivity contribution in [2.24, 2.45) is 0 Å². The van der Waals surface area contributed by atoms with Crippen LogP contribution in [-0.4, -0.2) is 69.2 Å². The maximum atomic E-state index is 12.4. The topological polar surface area (TPSA) is 146 Å². The van der Waals surface area contributed by atoms with Crippen molar-refractivity contribution in [1.29, 1.82) is 0 Å². The fourth-order valence-corrected chi connectivity index (χ4v) is 8.88. The van der Waals surface area contributed by atoms with Crippen molar-refractivity contribution in [2.75, 3.05) is 13.2 Å². The van der Waals surface area contributed by atoms with Crippen LogP contribution in [0.15, 0.2) is 128 Å². The molecule has 0 saturated carbocycles. The molecule has 1 rings (SSSR count). The lowest BCUT2D eigenvalue weighted by atomic mass is 10.00. The monoisotopic (exact) mass is 1010 g/mol. The summed E-state index contributed by atoms with van der Waals surface area (Å²) in [7, 11) is -4.67. The lowest BCUT2D eigenvalue weighted by Crippen LogP contribution is -2.58. The van der Waals surface area contributed by atoms with Crippen LogP contribution in [0.3, 0.4) is 0 Å². The Bertz CT molecular complexity index is 1930. The highest BCUT2D eigenvalue weighted by molar-refractivity contribution is 7.47. The fraction of sp³-hybridized carbons (Fsp3) is 0.639. The van der Waals surface area contributed by atoms with Crippen molar-refractivity contribution < 1.29 is 43.7 Å². The summed E-state index contributed by atoms with van der Waals surface area (Å²) in [6.07, 6.45) is 39.1. The molecule has 0 spiro atoms. The van der Waals surface area contributed by atoms with Gasteiger partial charge in [-0.25, -0.2) is 4.57 Å². The lowest BCUT2D eigenvalue weighted by molar-refractivity contribution is -0.281. The predicted octanol–water partition coefficient (Wildman–Crippen LogP) is 16.2. The van der Waals surface area contributed by atoms with Crippen molar-refractivity contribution in [1.82, 2.24) is 0 Å². The molecule has 1 saturated heterocycles. The summed E-state index contributed by atoms with van der Waals surface area (Å²) < 4.78 is 27.4. The van der Waals surface area contributed by atoms with Gasteiger partial charge in [-0.3, -0.25) is 9.05 Å². The van der Waals surface area contributed by atoms with Crippen molar-refractivity contribution in [3.8, 4) is 0 Å². The highest BCUT2D eigenvalue weighted by Gasteiger charge is 2.46. The maximum Gasteiger partial charge on any atom is 0.474 e. The van der Waals surface area contributed by atoms with Crippen molar-refractivity contribution in [3.05, 3.63) is 128 Å². The predicted molar refractivity (Wildman–Crippen MR) is 300 cm³/mol. The minimum absolute atomic E-state index is 0.207. The molecule has 1 aliphatic heterocycles. The molecule has 1 aliphatic rings. The minimum Gasteiger partial charge on any atom is -0.394 e. The number of hydrogen-bond donors (Lipinski definition) is 5. The Morgan fingerprint density at radius 3 is 0.915 bits per heavy atom. The summed E-state index contributed by atoms with van der Waals surface area (Å²) >= 11 is 0. The van der Waals surface area contributed by atoms with Crippen LogP contribution in [-0.2, 0) is 18.3 Å². The number of aliphatic hydroxyl groups excluding tert-OH is 4. The molecule has 0 radical (unpaired) electrons. The first kappa shape index (κ1) is 66.1. The minimum atomic E-state index is -4.67. The van der Waals surface area contributed by atoms with Crippen LogP contribution in [0.5, 0.6) is 0 Å². The fourth-order valence-electron chi connectivity index (χ4n) is 8.12. The smallest absolute Gasteiger partial charge is 0.394 e. The first-order valence-corrected chi connectivity index (χ1v) is 28.3. The molecule has 1 unspecified atom stereocenters.